The molecule has 0 spiro atoms. The molecule has 75 valence electrons. The second kappa shape index (κ2) is 4.09. The van der Waals surface area contributed by atoms with Gasteiger partial charge in [-0.1, -0.05) is 0 Å². The summed E-state index contributed by atoms with van der Waals surface area (Å²) < 4.78 is 5.28. The van der Waals surface area contributed by atoms with Crippen molar-refractivity contribution in [1.82, 2.24) is 5.32 Å². The van der Waals surface area contributed by atoms with Crippen molar-refractivity contribution in [3.63, 3.8) is 0 Å². The summed E-state index contributed by atoms with van der Waals surface area (Å²) in [6.45, 7) is 7.23. The van der Waals surface area contributed by atoms with Crippen LogP contribution in [0.15, 0.2) is 0 Å². The Morgan fingerprint density at radius 3 is 2.62 bits per heavy atom. The van der Waals surface area contributed by atoms with E-state index in [2.05, 4.69) is 5.32 Å². The number of nitrogens with zero attached hydrogens (tertiary/aromatic N) is 1. The summed E-state index contributed by atoms with van der Waals surface area (Å²) in [4.78, 5) is 11.5. The van der Waals surface area contributed by atoms with Crippen molar-refractivity contribution in [2.24, 2.45) is 5.92 Å². The van der Waals surface area contributed by atoms with Gasteiger partial charge in [-0.2, -0.15) is 0 Å². The Hall–Kier alpha value is -0.570. The summed E-state index contributed by atoms with van der Waals surface area (Å²) in [5.74, 6) is -0.0797. The minimum Gasteiger partial charge on any atom is -0.460 e. The van der Waals surface area contributed by atoms with E-state index in [0.717, 1.165) is 19.4 Å². The van der Waals surface area contributed by atoms with Crippen LogP contribution in [-0.4, -0.2) is 24.7 Å². The number of esters is 1. The zero-order chi connectivity index (χ0) is 9.90. The smallest absolute Gasteiger partial charge is 0.310 e. The Bertz CT molecular complexity index is 178. The lowest BCUT2D eigenvalue weighted by atomic mass is 10.00. The van der Waals surface area contributed by atoms with E-state index in [4.69, 9.17) is 4.74 Å². The van der Waals surface area contributed by atoms with Gasteiger partial charge in [0.25, 0.3) is 0 Å². The molecule has 0 aromatic rings. The van der Waals surface area contributed by atoms with Crippen molar-refractivity contribution in [3.05, 3.63) is 0 Å². The van der Waals surface area contributed by atoms with Crippen molar-refractivity contribution in [1.29, 1.82) is 0 Å². The number of ether oxygens (including phenoxy) is 1. The fraction of sp³-hybridized carbons (Fsp3) is 0.900. The normalized spacial score (nSPS) is 24.1. The lowest BCUT2D eigenvalue weighted by Crippen LogP contribution is -2.35. The van der Waals surface area contributed by atoms with E-state index < -0.39 is 0 Å². The van der Waals surface area contributed by atoms with Crippen LogP contribution in [0.5, 0.6) is 0 Å². The quantitative estimate of drug-likeness (QED) is 0.577. The van der Waals surface area contributed by atoms with Gasteiger partial charge in [-0.25, -0.2) is 5.32 Å². The van der Waals surface area contributed by atoms with Crippen LogP contribution in [-0.2, 0) is 9.53 Å². The maximum atomic E-state index is 11.5. The van der Waals surface area contributed by atoms with Crippen molar-refractivity contribution in [2.45, 2.75) is 39.2 Å². The van der Waals surface area contributed by atoms with Gasteiger partial charge in [-0.05, 0) is 33.6 Å². The third-order valence-electron chi connectivity index (χ3n) is 1.96. The molecule has 1 atom stereocenters. The highest BCUT2D eigenvalue weighted by molar-refractivity contribution is 5.73. The Kier molecular flexibility index (Phi) is 3.31. The molecule has 1 heterocycles. The fourth-order valence-corrected chi connectivity index (χ4v) is 1.37. The molecule has 1 fully saturated rings. The monoisotopic (exact) mass is 184 g/mol. The predicted molar refractivity (Wildman–Crippen MR) is 50.4 cm³/mol. The molecule has 0 N–H and O–H groups in total. The molecule has 0 aliphatic carbocycles. The van der Waals surface area contributed by atoms with Gasteiger partial charge in [-0.15, -0.1) is 0 Å². The minimum absolute atomic E-state index is 0.00738. The first-order chi connectivity index (χ1) is 5.99. The Morgan fingerprint density at radius 2 is 2.15 bits per heavy atom. The number of hydrogen-bond acceptors (Lipinski definition) is 2. The highest BCUT2D eigenvalue weighted by Gasteiger charge is 2.26. The first-order valence-corrected chi connectivity index (χ1v) is 4.85. The van der Waals surface area contributed by atoms with Gasteiger partial charge >= 0.3 is 5.97 Å². The molecule has 1 aliphatic rings. The first kappa shape index (κ1) is 10.5. The molecule has 0 amide bonds. The lowest BCUT2D eigenvalue weighted by molar-refractivity contribution is -0.160. The van der Waals surface area contributed by atoms with Crippen LogP contribution in [0.4, 0.5) is 0 Å². The molecule has 13 heavy (non-hydrogen) atoms. The number of carbonyl (C=O) groups is 1. The van der Waals surface area contributed by atoms with E-state index in [9.17, 15) is 4.79 Å². The number of carbonyl (C=O) groups excluding carboxylic acids is 1. The Labute approximate surface area is 79.8 Å². The zero-order valence-electron chi connectivity index (χ0n) is 8.67. The molecule has 0 saturated carbocycles. The van der Waals surface area contributed by atoms with Gasteiger partial charge < -0.3 is 4.74 Å². The molecule has 1 saturated heterocycles. The van der Waals surface area contributed by atoms with Crippen LogP contribution in [0.1, 0.15) is 33.6 Å². The van der Waals surface area contributed by atoms with Crippen molar-refractivity contribution >= 4 is 5.97 Å². The van der Waals surface area contributed by atoms with Gasteiger partial charge in [-0.3, -0.25) is 4.79 Å². The van der Waals surface area contributed by atoms with E-state index in [1.807, 2.05) is 20.8 Å². The van der Waals surface area contributed by atoms with E-state index in [1.54, 1.807) is 0 Å². The standard InChI is InChI=1S/C10H18NO2/c1-10(2,3)13-9(12)8-5-4-6-11-7-8/h8H,4-7H2,1-3H3. The highest BCUT2D eigenvalue weighted by atomic mass is 16.6. The SMILES string of the molecule is CC(C)(C)OC(=O)C1CCC[N]C1. The lowest BCUT2D eigenvalue weighted by Gasteiger charge is -2.25. The third-order valence-corrected chi connectivity index (χ3v) is 1.96. The van der Waals surface area contributed by atoms with Crippen LogP contribution < -0.4 is 5.32 Å². The van der Waals surface area contributed by atoms with Gasteiger partial charge in [0, 0.05) is 13.1 Å². The van der Waals surface area contributed by atoms with E-state index in [1.165, 1.54) is 0 Å². The first-order valence-electron chi connectivity index (χ1n) is 4.85. The number of rotatable bonds is 1. The average molecular weight is 184 g/mol. The second-order valence-electron chi connectivity index (χ2n) is 4.50. The van der Waals surface area contributed by atoms with Crippen molar-refractivity contribution in [2.75, 3.05) is 13.1 Å². The van der Waals surface area contributed by atoms with Gasteiger partial charge in [0.2, 0.25) is 0 Å². The maximum Gasteiger partial charge on any atom is 0.310 e. The summed E-state index contributed by atoms with van der Waals surface area (Å²) in [5, 5.41) is 4.21. The van der Waals surface area contributed by atoms with Crippen LogP contribution in [0.25, 0.3) is 0 Å². The summed E-state index contributed by atoms with van der Waals surface area (Å²) in [5.41, 5.74) is -0.367. The Morgan fingerprint density at radius 1 is 1.46 bits per heavy atom. The van der Waals surface area contributed by atoms with Gasteiger partial charge in [0.05, 0.1) is 5.92 Å². The summed E-state index contributed by atoms with van der Waals surface area (Å²) >= 11 is 0. The average Bonchev–Trinajstić information content (AvgIpc) is 2.03. The summed E-state index contributed by atoms with van der Waals surface area (Å²) in [6, 6.07) is 0. The number of hydrogen-bond donors (Lipinski definition) is 0. The summed E-state index contributed by atoms with van der Waals surface area (Å²) in [7, 11) is 0. The molecule has 1 aliphatic heterocycles. The fourth-order valence-electron chi connectivity index (χ4n) is 1.37. The van der Waals surface area contributed by atoms with Crippen LogP contribution in [0, 0.1) is 5.92 Å². The molecular weight excluding hydrogens is 166 g/mol. The van der Waals surface area contributed by atoms with Crippen molar-refractivity contribution in [3.8, 4) is 0 Å². The molecule has 0 aromatic carbocycles. The zero-order valence-corrected chi connectivity index (χ0v) is 8.67. The largest absolute Gasteiger partial charge is 0.460 e. The molecule has 3 heteroatoms. The van der Waals surface area contributed by atoms with Crippen LogP contribution >= 0.6 is 0 Å². The van der Waals surface area contributed by atoms with E-state index >= 15 is 0 Å². The van der Waals surface area contributed by atoms with Crippen molar-refractivity contribution < 1.29 is 9.53 Å². The molecule has 1 unspecified atom stereocenters. The van der Waals surface area contributed by atoms with Gasteiger partial charge in [0.1, 0.15) is 5.60 Å². The topological polar surface area (TPSA) is 40.4 Å². The molecule has 0 bridgehead atoms. The summed E-state index contributed by atoms with van der Waals surface area (Å²) in [6.07, 6.45) is 1.95. The van der Waals surface area contributed by atoms with Crippen LogP contribution in [0.2, 0.25) is 0 Å². The second-order valence-corrected chi connectivity index (χ2v) is 4.50. The molecule has 1 rings (SSSR count). The van der Waals surface area contributed by atoms with E-state index in [0.29, 0.717) is 6.54 Å². The number of piperidine rings is 1. The van der Waals surface area contributed by atoms with E-state index in [-0.39, 0.29) is 17.5 Å². The molecule has 0 aromatic heterocycles. The molecule has 1 radical (unpaired) electrons. The molecule has 3 nitrogen and oxygen atoms in total. The minimum atomic E-state index is -0.367. The third kappa shape index (κ3) is 3.77. The molecular formula is C10H18NO2. The van der Waals surface area contributed by atoms with Crippen LogP contribution in [0.3, 0.4) is 0 Å². The Balaban J connectivity index is 2.38. The highest BCUT2D eigenvalue weighted by Crippen LogP contribution is 2.16. The maximum absolute atomic E-state index is 11.5. The van der Waals surface area contributed by atoms with Gasteiger partial charge in [0.15, 0.2) is 0 Å². The predicted octanol–water partition coefficient (Wildman–Crippen LogP) is 1.34.